The molecule has 6 nitrogen and oxygen atoms in total. The average molecular weight is 534 g/mol. The lowest BCUT2D eigenvalue weighted by molar-refractivity contribution is -0.0721. The predicted octanol–water partition coefficient (Wildman–Crippen LogP) is 3.64. The lowest BCUT2D eigenvalue weighted by atomic mass is 10.1. The van der Waals surface area contributed by atoms with E-state index < -0.39 is 0 Å². The van der Waals surface area contributed by atoms with Gasteiger partial charge < -0.3 is 24.6 Å². The van der Waals surface area contributed by atoms with Gasteiger partial charge in [0.05, 0.1) is 24.5 Å². The standard InChI is InChI=1S/C22H35FN4O2.HI/c1-24-22(25-15-17-7-8-21(26(2)3)20(23)14-17)27-11-9-18(10-12-27)29-16-19-6-4-5-13-28-19;/h7-8,14,18-19H,4-6,9-13,15-16H2,1-3H3,(H,24,25);1H. The van der Waals surface area contributed by atoms with E-state index in [2.05, 4.69) is 15.2 Å². The average Bonchev–Trinajstić information content (AvgIpc) is 2.74. The van der Waals surface area contributed by atoms with Crippen LogP contribution in [0.5, 0.6) is 0 Å². The van der Waals surface area contributed by atoms with Crippen LogP contribution in [0.3, 0.4) is 0 Å². The highest BCUT2D eigenvalue weighted by Gasteiger charge is 2.23. The second-order valence-electron chi connectivity index (χ2n) is 8.09. The topological polar surface area (TPSA) is 49.3 Å². The number of piperidine rings is 1. The third kappa shape index (κ3) is 7.23. The van der Waals surface area contributed by atoms with Crippen LogP contribution in [-0.2, 0) is 16.0 Å². The van der Waals surface area contributed by atoms with Gasteiger partial charge in [-0.2, -0.15) is 0 Å². The van der Waals surface area contributed by atoms with Gasteiger partial charge >= 0.3 is 0 Å². The Kier molecular flexibility index (Phi) is 10.6. The number of nitrogens with zero attached hydrogens (tertiary/aromatic N) is 3. The number of anilines is 1. The van der Waals surface area contributed by atoms with E-state index in [9.17, 15) is 4.39 Å². The van der Waals surface area contributed by atoms with Crippen LogP contribution in [0, 0.1) is 5.82 Å². The fourth-order valence-corrected chi connectivity index (χ4v) is 3.95. The van der Waals surface area contributed by atoms with Gasteiger partial charge in [0.25, 0.3) is 0 Å². The molecule has 2 aliphatic heterocycles. The number of guanidine groups is 1. The van der Waals surface area contributed by atoms with Crippen molar-refractivity contribution in [3.05, 3.63) is 29.6 Å². The highest BCUT2D eigenvalue weighted by molar-refractivity contribution is 14.0. The number of nitrogens with one attached hydrogen (secondary N) is 1. The van der Waals surface area contributed by atoms with Gasteiger partial charge in [-0.1, -0.05) is 6.07 Å². The Hall–Kier alpha value is -1.13. The summed E-state index contributed by atoms with van der Waals surface area (Å²) in [6.45, 7) is 3.95. The van der Waals surface area contributed by atoms with Crippen molar-refractivity contribution >= 4 is 35.6 Å². The maximum atomic E-state index is 14.2. The maximum absolute atomic E-state index is 14.2. The maximum Gasteiger partial charge on any atom is 0.193 e. The van der Waals surface area contributed by atoms with Crippen LogP contribution < -0.4 is 10.2 Å². The van der Waals surface area contributed by atoms with Crippen molar-refractivity contribution in [2.75, 3.05) is 52.3 Å². The number of hydrogen-bond acceptors (Lipinski definition) is 4. The number of likely N-dealkylation sites (tertiary alicyclic amines) is 1. The highest BCUT2D eigenvalue weighted by Crippen LogP contribution is 2.19. The van der Waals surface area contributed by atoms with Crippen LogP contribution in [0.15, 0.2) is 23.2 Å². The second kappa shape index (κ2) is 12.7. The quantitative estimate of drug-likeness (QED) is 0.343. The zero-order valence-corrected chi connectivity index (χ0v) is 20.7. The van der Waals surface area contributed by atoms with Gasteiger partial charge in [0.1, 0.15) is 5.82 Å². The van der Waals surface area contributed by atoms with Crippen LogP contribution in [0.4, 0.5) is 10.1 Å². The number of halogens is 2. The summed E-state index contributed by atoms with van der Waals surface area (Å²) in [5, 5.41) is 3.36. The minimum atomic E-state index is -0.204. The molecule has 3 rings (SSSR count). The molecular weight excluding hydrogens is 498 g/mol. The molecule has 2 saturated heterocycles. The number of rotatable bonds is 6. The molecule has 2 aliphatic rings. The molecule has 0 aromatic heterocycles. The highest BCUT2D eigenvalue weighted by atomic mass is 127. The number of hydrogen-bond donors (Lipinski definition) is 1. The Bertz CT molecular complexity index is 675. The fraction of sp³-hybridized carbons (Fsp3) is 0.682. The fourth-order valence-electron chi connectivity index (χ4n) is 3.95. The van der Waals surface area contributed by atoms with Crippen molar-refractivity contribution in [1.82, 2.24) is 10.2 Å². The van der Waals surface area contributed by atoms with Crippen LogP contribution in [0.1, 0.15) is 37.7 Å². The van der Waals surface area contributed by atoms with Crippen LogP contribution >= 0.6 is 24.0 Å². The van der Waals surface area contributed by atoms with E-state index in [1.54, 1.807) is 18.0 Å². The minimum absolute atomic E-state index is 0. The molecule has 1 aromatic rings. The summed E-state index contributed by atoms with van der Waals surface area (Å²) in [6.07, 6.45) is 6.08. The van der Waals surface area contributed by atoms with E-state index in [-0.39, 0.29) is 35.9 Å². The molecule has 0 radical (unpaired) electrons. The summed E-state index contributed by atoms with van der Waals surface area (Å²) in [6, 6.07) is 5.35. The van der Waals surface area contributed by atoms with Gasteiger partial charge in [-0.15, -0.1) is 24.0 Å². The molecule has 1 unspecified atom stereocenters. The van der Waals surface area contributed by atoms with Gasteiger partial charge in [0, 0.05) is 47.4 Å². The Balaban J connectivity index is 0.00000320. The molecule has 0 aliphatic carbocycles. The van der Waals surface area contributed by atoms with Gasteiger partial charge in [-0.25, -0.2) is 4.39 Å². The second-order valence-corrected chi connectivity index (χ2v) is 8.09. The zero-order chi connectivity index (χ0) is 20.6. The molecule has 2 fully saturated rings. The molecule has 2 heterocycles. The van der Waals surface area contributed by atoms with Crippen LogP contribution in [-0.4, -0.2) is 70.5 Å². The zero-order valence-electron chi connectivity index (χ0n) is 18.4. The SMILES string of the molecule is CN=C(NCc1ccc(N(C)C)c(F)c1)N1CCC(OCC2CCCCO2)CC1.I. The summed E-state index contributed by atoms with van der Waals surface area (Å²) in [5.74, 6) is 0.653. The number of aliphatic imine (C=N–C) groups is 1. The van der Waals surface area contributed by atoms with E-state index in [1.807, 2.05) is 26.2 Å². The molecule has 0 saturated carbocycles. The first-order valence-corrected chi connectivity index (χ1v) is 10.7. The molecule has 1 aromatic carbocycles. The Morgan fingerprint density at radius 1 is 1.27 bits per heavy atom. The van der Waals surface area contributed by atoms with Crippen molar-refractivity contribution in [2.24, 2.45) is 4.99 Å². The molecule has 0 amide bonds. The van der Waals surface area contributed by atoms with Gasteiger partial charge in [-0.05, 0) is 49.8 Å². The molecule has 1 atom stereocenters. The van der Waals surface area contributed by atoms with E-state index in [0.717, 1.165) is 50.5 Å². The molecule has 30 heavy (non-hydrogen) atoms. The molecular formula is C22H36FIN4O2. The molecule has 0 bridgehead atoms. The third-order valence-corrected chi connectivity index (χ3v) is 5.69. The lowest BCUT2D eigenvalue weighted by Crippen LogP contribution is -2.47. The molecule has 8 heteroatoms. The summed E-state index contributed by atoms with van der Waals surface area (Å²) in [5.41, 5.74) is 1.50. The Morgan fingerprint density at radius 2 is 2.03 bits per heavy atom. The summed E-state index contributed by atoms with van der Waals surface area (Å²) < 4.78 is 26.0. The van der Waals surface area contributed by atoms with Crippen molar-refractivity contribution in [2.45, 2.75) is 50.9 Å². The Labute approximate surface area is 197 Å². The van der Waals surface area contributed by atoms with Crippen molar-refractivity contribution in [1.29, 1.82) is 0 Å². The summed E-state index contributed by atoms with van der Waals surface area (Å²) >= 11 is 0. The lowest BCUT2D eigenvalue weighted by Gasteiger charge is -2.35. The molecule has 1 N–H and O–H groups in total. The van der Waals surface area contributed by atoms with Crippen LogP contribution in [0.25, 0.3) is 0 Å². The van der Waals surface area contributed by atoms with Crippen molar-refractivity contribution in [3.63, 3.8) is 0 Å². The van der Waals surface area contributed by atoms with Gasteiger partial charge in [0.15, 0.2) is 5.96 Å². The third-order valence-electron chi connectivity index (χ3n) is 5.69. The summed E-state index contributed by atoms with van der Waals surface area (Å²) in [4.78, 5) is 8.44. The van der Waals surface area contributed by atoms with Crippen molar-refractivity contribution < 1.29 is 13.9 Å². The van der Waals surface area contributed by atoms with Crippen LogP contribution in [0.2, 0.25) is 0 Å². The van der Waals surface area contributed by atoms with E-state index in [0.29, 0.717) is 24.9 Å². The first kappa shape index (κ1) is 25.1. The molecule has 0 spiro atoms. The smallest absolute Gasteiger partial charge is 0.193 e. The van der Waals surface area contributed by atoms with Gasteiger partial charge in [0.2, 0.25) is 0 Å². The first-order valence-electron chi connectivity index (χ1n) is 10.7. The minimum Gasteiger partial charge on any atom is -0.376 e. The van der Waals surface area contributed by atoms with Crippen molar-refractivity contribution in [3.8, 4) is 0 Å². The first-order chi connectivity index (χ1) is 14.1. The van der Waals surface area contributed by atoms with E-state index in [1.165, 1.54) is 12.8 Å². The van der Waals surface area contributed by atoms with E-state index >= 15 is 0 Å². The van der Waals surface area contributed by atoms with E-state index in [4.69, 9.17) is 9.47 Å². The largest absolute Gasteiger partial charge is 0.376 e. The Morgan fingerprint density at radius 3 is 2.63 bits per heavy atom. The monoisotopic (exact) mass is 534 g/mol. The normalized spacial score (nSPS) is 20.6. The molecule has 170 valence electrons. The number of ether oxygens (including phenoxy) is 2. The van der Waals surface area contributed by atoms with Gasteiger partial charge in [-0.3, -0.25) is 4.99 Å². The number of benzene rings is 1. The predicted molar refractivity (Wildman–Crippen MR) is 130 cm³/mol. The summed E-state index contributed by atoms with van der Waals surface area (Å²) in [7, 11) is 5.47.